The molecule has 1 aliphatic heterocycles. The lowest BCUT2D eigenvalue weighted by atomic mass is 9.89. The molecule has 7 nitrogen and oxygen atoms in total. The van der Waals surface area contributed by atoms with Crippen molar-refractivity contribution in [3.8, 4) is 0 Å². The van der Waals surface area contributed by atoms with Gasteiger partial charge in [0, 0.05) is 30.3 Å². The lowest BCUT2D eigenvalue weighted by Crippen LogP contribution is -2.33. The first kappa shape index (κ1) is 23.8. The van der Waals surface area contributed by atoms with Crippen LogP contribution < -0.4 is 0 Å². The molecular formula is C23H34N2O5S. The number of hydrogen-bond donors (Lipinski definition) is 1. The van der Waals surface area contributed by atoms with E-state index in [1.165, 1.54) is 16.5 Å². The van der Waals surface area contributed by atoms with Crippen molar-refractivity contribution in [2.24, 2.45) is 0 Å². The maximum Gasteiger partial charge on any atom is 0.318 e. The Labute approximate surface area is 184 Å². The smallest absolute Gasteiger partial charge is 0.318 e. The molecule has 1 fully saturated rings. The van der Waals surface area contributed by atoms with Crippen molar-refractivity contribution in [2.75, 3.05) is 44.4 Å². The number of hydrogen-bond acceptors (Lipinski definition) is 5. The number of aliphatic carboxylic acids is 1. The predicted molar refractivity (Wildman–Crippen MR) is 122 cm³/mol. The highest BCUT2D eigenvalue weighted by atomic mass is 32.2. The van der Waals surface area contributed by atoms with E-state index in [2.05, 4.69) is 39.9 Å². The van der Waals surface area contributed by atoms with Crippen LogP contribution in [-0.4, -0.2) is 73.3 Å². The number of benzene rings is 1. The van der Waals surface area contributed by atoms with Gasteiger partial charge in [-0.15, -0.1) is 0 Å². The number of piperidine rings is 1. The molecule has 3 rings (SSSR count). The minimum atomic E-state index is -3.48. The van der Waals surface area contributed by atoms with Gasteiger partial charge in [0.1, 0.15) is 5.75 Å². The molecule has 0 spiro atoms. The van der Waals surface area contributed by atoms with Crippen molar-refractivity contribution < 1.29 is 23.1 Å². The number of sulfone groups is 1. The fraction of sp³-hybridized carbons (Fsp3) is 0.609. The van der Waals surface area contributed by atoms with Gasteiger partial charge in [-0.1, -0.05) is 18.2 Å². The summed E-state index contributed by atoms with van der Waals surface area (Å²) in [5.74, 6) is -1.56. The van der Waals surface area contributed by atoms with Crippen LogP contribution in [0.4, 0.5) is 0 Å². The number of unbranched alkanes of at least 4 members (excludes halogenated alkanes) is 1. The normalized spacial score (nSPS) is 16.2. The number of likely N-dealkylation sites (tertiary alicyclic amines) is 1. The molecule has 0 unspecified atom stereocenters. The molecule has 0 aliphatic carbocycles. The second kappa shape index (κ2) is 11.1. The Morgan fingerprint density at radius 2 is 1.90 bits per heavy atom. The summed E-state index contributed by atoms with van der Waals surface area (Å²) in [4.78, 5) is 13.0. The number of nitrogens with zero attached hydrogens (tertiary/aromatic N) is 2. The minimum absolute atomic E-state index is 0.0446. The molecule has 1 aromatic carbocycles. The minimum Gasteiger partial charge on any atom is -0.480 e. The summed E-state index contributed by atoms with van der Waals surface area (Å²) in [6.07, 6.45) is 5.79. The van der Waals surface area contributed by atoms with E-state index < -0.39 is 21.6 Å². The maximum atomic E-state index is 11.7. The zero-order valence-electron chi connectivity index (χ0n) is 18.3. The third-order valence-corrected chi connectivity index (χ3v) is 7.65. The highest BCUT2D eigenvalue weighted by Crippen LogP contribution is 2.34. The van der Waals surface area contributed by atoms with E-state index in [9.17, 15) is 13.2 Å². The van der Waals surface area contributed by atoms with Crippen LogP contribution in [0, 0.1) is 0 Å². The second-order valence-corrected chi connectivity index (χ2v) is 10.5. The molecule has 0 radical (unpaired) electrons. The van der Waals surface area contributed by atoms with Gasteiger partial charge in [-0.2, -0.15) is 0 Å². The largest absolute Gasteiger partial charge is 0.480 e. The molecule has 1 aromatic heterocycles. The third-order valence-electron chi connectivity index (χ3n) is 6.05. The van der Waals surface area contributed by atoms with Crippen LogP contribution in [-0.2, 0) is 25.9 Å². The van der Waals surface area contributed by atoms with Gasteiger partial charge in [-0.3, -0.25) is 4.79 Å². The van der Waals surface area contributed by atoms with Gasteiger partial charge < -0.3 is 19.3 Å². The van der Waals surface area contributed by atoms with E-state index in [0.717, 1.165) is 58.7 Å². The topological polar surface area (TPSA) is 88.8 Å². The zero-order valence-corrected chi connectivity index (χ0v) is 19.1. The van der Waals surface area contributed by atoms with E-state index in [4.69, 9.17) is 9.84 Å². The molecule has 1 saturated heterocycles. The zero-order chi connectivity index (χ0) is 22.3. The summed E-state index contributed by atoms with van der Waals surface area (Å²) in [6.45, 7) is 7.20. The Kier molecular flexibility index (Phi) is 8.51. The third kappa shape index (κ3) is 6.79. The Hall–Kier alpha value is -1.90. The first-order chi connectivity index (χ1) is 14.9. The SMILES string of the molecule is CCOCCn1cc(C2CCN(CCCCS(=O)(=O)CC(=O)O)CC2)c2ccccc21. The average Bonchev–Trinajstić information content (AvgIpc) is 3.10. The van der Waals surface area contributed by atoms with Crippen LogP contribution in [0.25, 0.3) is 10.9 Å². The molecule has 31 heavy (non-hydrogen) atoms. The second-order valence-electron chi connectivity index (χ2n) is 8.30. The van der Waals surface area contributed by atoms with E-state index >= 15 is 0 Å². The number of carbonyl (C=O) groups is 1. The fourth-order valence-corrected chi connectivity index (χ4v) is 5.64. The van der Waals surface area contributed by atoms with Crippen LogP contribution in [0.2, 0.25) is 0 Å². The standard InChI is InChI=1S/C23H34N2O5S/c1-2-30-15-14-25-17-21(20-7-3-4-8-22(20)25)19-9-12-24(13-10-19)11-5-6-16-31(28,29)18-23(26)27/h3-4,7-8,17,19H,2,5-6,9-16,18H2,1H3,(H,26,27). The highest BCUT2D eigenvalue weighted by Gasteiger charge is 2.24. The highest BCUT2D eigenvalue weighted by molar-refractivity contribution is 7.92. The number of fused-ring (bicyclic) bond motifs is 1. The van der Waals surface area contributed by atoms with Crippen LogP contribution in [0.1, 0.15) is 44.1 Å². The van der Waals surface area contributed by atoms with Gasteiger partial charge in [0.25, 0.3) is 0 Å². The fourth-order valence-electron chi connectivity index (χ4n) is 4.48. The molecule has 0 saturated carbocycles. The molecular weight excluding hydrogens is 416 g/mol. The first-order valence-electron chi connectivity index (χ1n) is 11.2. The van der Waals surface area contributed by atoms with E-state index in [1.54, 1.807) is 0 Å². The quantitative estimate of drug-likeness (QED) is 0.500. The van der Waals surface area contributed by atoms with Gasteiger partial charge in [-0.05, 0) is 69.8 Å². The van der Waals surface area contributed by atoms with Crippen molar-refractivity contribution in [3.63, 3.8) is 0 Å². The van der Waals surface area contributed by atoms with Crippen molar-refractivity contribution >= 4 is 26.7 Å². The van der Waals surface area contributed by atoms with Gasteiger partial charge in [-0.25, -0.2) is 8.42 Å². The number of carboxylic acids is 1. The summed E-state index contributed by atoms with van der Waals surface area (Å²) in [7, 11) is -3.48. The number of carboxylic acid groups (broad SMARTS) is 1. The summed E-state index contributed by atoms with van der Waals surface area (Å²) in [5, 5.41) is 9.99. The summed E-state index contributed by atoms with van der Waals surface area (Å²) < 4.78 is 31.2. The predicted octanol–water partition coefficient (Wildman–Crippen LogP) is 3.14. The maximum absolute atomic E-state index is 11.7. The molecule has 0 atom stereocenters. The van der Waals surface area contributed by atoms with Gasteiger partial charge in [0.05, 0.1) is 12.4 Å². The first-order valence-corrected chi connectivity index (χ1v) is 13.0. The van der Waals surface area contributed by atoms with Crippen LogP contribution in [0.5, 0.6) is 0 Å². The molecule has 1 aliphatic rings. The van der Waals surface area contributed by atoms with Crippen molar-refractivity contribution in [1.29, 1.82) is 0 Å². The van der Waals surface area contributed by atoms with Gasteiger partial charge in [0.15, 0.2) is 9.84 Å². The Morgan fingerprint density at radius 1 is 1.16 bits per heavy atom. The molecule has 0 amide bonds. The monoisotopic (exact) mass is 450 g/mol. The summed E-state index contributed by atoms with van der Waals surface area (Å²) >= 11 is 0. The Morgan fingerprint density at radius 3 is 2.61 bits per heavy atom. The average molecular weight is 451 g/mol. The number of para-hydroxylation sites is 1. The van der Waals surface area contributed by atoms with Gasteiger partial charge in [0.2, 0.25) is 0 Å². The van der Waals surface area contributed by atoms with Gasteiger partial charge >= 0.3 is 5.97 Å². The summed E-state index contributed by atoms with van der Waals surface area (Å²) in [6, 6.07) is 8.58. The molecule has 2 aromatic rings. The lowest BCUT2D eigenvalue weighted by Gasteiger charge is -2.32. The number of ether oxygens (including phenoxy) is 1. The lowest BCUT2D eigenvalue weighted by molar-refractivity contribution is -0.134. The number of aromatic nitrogens is 1. The van der Waals surface area contributed by atoms with E-state index in [-0.39, 0.29) is 5.75 Å². The van der Waals surface area contributed by atoms with Crippen molar-refractivity contribution in [1.82, 2.24) is 9.47 Å². The van der Waals surface area contributed by atoms with Crippen molar-refractivity contribution in [2.45, 2.75) is 45.1 Å². The molecule has 2 heterocycles. The molecule has 172 valence electrons. The van der Waals surface area contributed by atoms with Crippen molar-refractivity contribution in [3.05, 3.63) is 36.0 Å². The van der Waals surface area contributed by atoms with E-state index in [0.29, 0.717) is 12.3 Å². The van der Waals surface area contributed by atoms with E-state index in [1.807, 2.05) is 6.92 Å². The Balaban J connectivity index is 1.50. The Bertz CT molecular complexity index is 962. The molecule has 0 bridgehead atoms. The molecule has 1 N–H and O–H groups in total. The molecule has 8 heteroatoms. The van der Waals surface area contributed by atoms with Crippen LogP contribution >= 0.6 is 0 Å². The number of rotatable bonds is 12. The van der Waals surface area contributed by atoms with Crippen LogP contribution in [0.3, 0.4) is 0 Å². The summed E-state index contributed by atoms with van der Waals surface area (Å²) in [5.41, 5.74) is 2.69. The van der Waals surface area contributed by atoms with Crippen LogP contribution in [0.15, 0.2) is 30.5 Å².